The number of aromatic nitrogens is 2. The third-order valence-electron chi connectivity index (χ3n) is 4.41. The summed E-state index contributed by atoms with van der Waals surface area (Å²) in [6, 6.07) is 22.0. The molecule has 0 saturated heterocycles. The molecule has 1 heterocycles. The van der Waals surface area contributed by atoms with E-state index in [4.69, 9.17) is 11.6 Å². The Morgan fingerprint density at radius 2 is 1.58 bits per heavy atom. The van der Waals surface area contributed by atoms with Gasteiger partial charge in [-0.15, -0.1) is 10.2 Å². The van der Waals surface area contributed by atoms with Gasteiger partial charge in [-0.3, -0.25) is 10.1 Å². The predicted octanol–water partition coefficient (Wildman–Crippen LogP) is 5.08. The normalized spacial score (nSPS) is 11.3. The molecule has 0 bridgehead atoms. The second kappa shape index (κ2) is 8.97. The zero-order valence-corrected chi connectivity index (χ0v) is 18.4. The molecular weight excluding hydrogens is 454 g/mol. The van der Waals surface area contributed by atoms with E-state index >= 15 is 0 Å². The van der Waals surface area contributed by atoms with Gasteiger partial charge in [-0.25, -0.2) is 8.42 Å². The van der Waals surface area contributed by atoms with Crippen molar-refractivity contribution in [3.8, 4) is 10.6 Å². The molecular formula is C22H16ClN3O3S2. The van der Waals surface area contributed by atoms with Crippen molar-refractivity contribution in [1.29, 1.82) is 0 Å². The van der Waals surface area contributed by atoms with E-state index in [-0.39, 0.29) is 16.6 Å². The average molecular weight is 470 g/mol. The Balaban J connectivity index is 1.45. The molecule has 156 valence electrons. The summed E-state index contributed by atoms with van der Waals surface area (Å²) < 4.78 is 25.2. The van der Waals surface area contributed by atoms with Crippen LogP contribution in [0.2, 0.25) is 5.02 Å². The lowest BCUT2D eigenvalue weighted by Gasteiger charge is -2.05. The first-order valence-corrected chi connectivity index (χ1v) is 12.0. The molecule has 4 rings (SSSR count). The number of rotatable bonds is 6. The van der Waals surface area contributed by atoms with Gasteiger partial charge >= 0.3 is 0 Å². The summed E-state index contributed by atoms with van der Waals surface area (Å²) in [5, 5.41) is 12.4. The number of nitrogens with zero attached hydrogens (tertiary/aromatic N) is 2. The number of sulfone groups is 1. The third kappa shape index (κ3) is 5.16. The van der Waals surface area contributed by atoms with E-state index in [0.29, 0.717) is 26.3 Å². The fourth-order valence-corrected chi connectivity index (χ4v) is 5.06. The monoisotopic (exact) mass is 469 g/mol. The van der Waals surface area contributed by atoms with Crippen LogP contribution < -0.4 is 5.32 Å². The minimum atomic E-state index is -3.47. The van der Waals surface area contributed by atoms with Gasteiger partial charge < -0.3 is 0 Å². The highest BCUT2D eigenvalue weighted by Gasteiger charge is 2.16. The van der Waals surface area contributed by atoms with Crippen LogP contribution in [0, 0.1) is 0 Å². The van der Waals surface area contributed by atoms with Gasteiger partial charge in [0.05, 0.1) is 10.6 Å². The Labute approximate surface area is 188 Å². The van der Waals surface area contributed by atoms with E-state index in [0.717, 1.165) is 5.56 Å². The summed E-state index contributed by atoms with van der Waals surface area (Å²) in [7, 11) is -3.47. The molecule has 9 heteroatoms. The topological polar surface area (TPSA) is 89.0 Å². The van der Waals surface area contributed by atoms with Crippen LogP contribution in [0.4, 0.5) is 5.13 Å². The maximum Gasteiger partial charge on any atom is 0.257 e. The zero-order chi connectivity index (χ0) is 21.8. The number of hydrogen-bond acceptors (Lipinski definition) is 6. The van der Waals surface area contributed by atoms with E-state index in [2.05, 4.69) is 15.5 Å². The Kier molecular flexibility index (Phi) is 6.13. The standard InChI is InChI=1S/C22H16ClN3O3S2/c23-18-10-12-19(13-11-18)31(28,29)14-15-6-8-17(9-7-15)21-25-26-22(30-21)24-20(27)16-4-2-1-3-5-16/h1-13H,14H2,(H,24,26,27). The summed E-state index contributed by atoms with van der Waals surface area (Å²) in [6.45, 7) is 0. The van der Waals surface area contributed by atoms with Crippen molar-refractivity contribution in [3.05, 3.63) is 95.0 Å². The minimum absolute atomic E-state index is 0.122. The van der Waals surface area contributed by atoms with Crippen molar-refractivity contribution < 1.29 is 13.2 Å². The molecule has 3 aromatic carbocycles. The summed E-state index contributed by atoms with van der Waals surface area (Å²) >= 11 is 7.07. The lowest BCUT2D eigenvalue weighted by Crippen LogP contribution is -2.11. The van der Waals surface area contributed by atoms with Crippen LogP contribution in [-0.2, 0) is 15.6 Å². The van der Waals surface area contributed by atoms with Crippen molar-refractivity contribution in [3.63, 3.8) is 0 Å². The Bertz CT molecular complexity index is 1300. The summed E-state index contributed by atoms with van der Waals surface area (Å²) in [5.41, 5.74) is 1.97. The number of nitrogens with one attached hydrogen (secondary N) is 1. The smallest absolute Gasteiger partial charge is 0.257 e. The Morgan fingerprint density at radius 3 is 2.26 bits per heavy atom. The molecule has 1 N–H and O–H groups in total. The van der Waals surface area contributed by atoms with E-state index < -0.39 is 9.84 Å². The molecule has 0 aliphatic heterocycles. The Hall–Kier alpha value is -3.07. The molecule has 0 radical (unpaired) electrons. The Morgan fingerprint density at radius 1 is 0.903 bits per heavy atom. The van der Waals surface area contributed by atoms with Crippen LogP contribution in [0.15, 0.2) is 83.8 Å². The number of halogens is 1. The number of carbonyl (C=O) groups is 1. The largest absolute Gasteiger partial charge is 0.296 e. The molecule has 0 saturated carbocycles. The van der Waals surface area contributed by atoms with Crippen LogP contribution in [-0.4, -0.2) is 24.5 Å². The van der Waals surface area contributed by atoms with E-state index in [1.165, 1.54) is 23.5 Å². The molecule has 4 aromatic rings. The highest BCUT2D eigenvalue weighted by atomic mass is 35.5. The number of benzene rings is 3. The number of hydrogen-bond donors (Lipinski definition) is 1. The maximum absolute atomic E-state index is 12.6. The number of amides is 1. The van der Waals surface area contributed by atoms with Gasteiger partial charge in [-0.05, 0) is 42.0 Å². The zero-order valence-electron chi connectivity index (χ0n) is 16.0. The molecule has 0 aliphatic rings. The molecule has 31 heavy (non-hydrogen) atoms. The van der Waals surface area contributed by atoms with E-state index in [1.807, 2.05) is 6.07 Å². The quantitative estimate of drug-likeness (QED) is 0.425. The fraction of sp³-hybridized carbons (Fsp3) is 0.0455. The predicted molar refractivity (Wildman–Crippen MR) is 122 cm³/mol. The first-order chi connectivity index (χ1) is 14.9. The van der Waals surface area contributed by atoms with Gasteiger partial charge in [0.15, 0.2) is 9.84 Å². The summed E-state index contributed by atoms with van der Waals surface area (Å²) in [6.07, 6.45) is 0. The molecule has 0 unspecified atom stereocenters. The first kappa shape index (κ1) is 21.2. The molecule has 0 atom stereocenters. The summed E-state index contributed by atoms with van der Waals surface area (Å²) in [4.78, 5) is 12.5. The van der Waals surface area contributed by atoms with Gasteiger partial charge in [0.25, 0.3) is 5.91 Å². The van der Waals surface area contributed by atoms with Gasteiger partial charge in [0.2, 0.25) is 5.13 Å². The number of carbonyl (C=O) groups excluding carboxylic acids is 1. The second-order valence-corrected chi connectivity index (χ2v) is 10.0. The van der Waals surface area contributed by atoms with Crippen molar-refractivity contribution in [2.75, 3.05) is 5.32 Å². The molecule has 1 aromatic heterocycles. The van der Waals surface area contributed by atoms with Crippen LogP contribution in [0.25, 0.3) is 10.6 Å². The molecule has 0 spiro atoms. The summed E-state index contributed by atoms with van der Waals surface area (Å²) in [5.74, 6) is -0.380. The third-order valence-corrected chi connectivity index (χ3v) is 7.26. The second-order valence-electron chi connectivity index (χ2n) is 6.64. The van der Waals surface area contributed by atoms with Crippen LogP contribution >= 0.6 is 22.9 Å². The molecule has 0 aliphatic carbocycles. The highest BCUT2D eigenvalue weighted by molar-refractivity contribution is 7.90. The molecule has 1 amide bonds. The highest BCUT2D eigenvalue weighted by Crippen LogP contribution is 2.27. The van der Waals surface area contributed by atoms with Crippen molar-refractivity contribution in [1.82, 2.24) is 10.2 Å². The lowest BCUT2D eigenvalue weighted by atomic mass is 10.2. The van der Waals surface area contributed by atoms with Gasteiger partial charge in [-0.2, -0.15) is 0 Å². The maximum atomic E-state index is 12.6. The van der Waals surface area contributed by atoms with Crippen molar-refractivity contribution in [2.45, 2.75) is 10.6 Å². The molecule has 0 fully saturated rings. The minimum Gasteiger partial charge on any atom is -0.296 e. The van der Waals surface area contributed by atoms with Crippen molar-refractivity contribution in [2.24, 2.45) is 0 Å². The number of anilines is 1. The van der Waals surface area contributed by atoms with Crippen molar-refractivity contribution >= 4 is 43.8 Å². The van der Waals surface area contributed by atoms with Crippen LogP contribution in [0.1, 0.15) is 15.9 Å². The van der Waals surface area contributed by atoms with Gasteiger partial charge in [0.1, 0.15) is 5.01 Å². The van der Waals surface area contributed by atoms with E-state index in [1.54, 1.807) is 60.7 Å². The van der Waals surface area contributed by atoms with E-state index in [9.17, 15) is 13.2 Å². The average Bonchev–Trinajstić information content (AvgIpc) is 3.23. The fourth-order valence-electron chi connectivity index (χ4n) is 2.84. The van der Waals surface area contributed by atoms with Crippen LogP contribution in [0.5, 0.6) is 0 Å². The van der Waals surface area contributed by atoms with Gasteiger partial charge in [-0.1, -0.05) is 65.4 Å². The SMILES string of the molecule is O=C(Nc1nnc(-c2ccc(CS(=O)(=O)c3ccc(Cl)cc3)cc2)s1)c1ccccc1. The molecule has 6 nitrogen and oxygen atoms in total. The lowest BCUT2D eigenvalue weighted by molar-refractivity contribution is 0.102. The first-order valence-electron chi connectivity index (χ1n) is 9.18. The van der Waals surface area contributed by atoms with Crippen LogP contribution in [0.3, 0.4) is 0 Å². The van der Waals surface area contributed by atoms with Gasteiger partial charge in [0, 0.05) is 16.1 Å².